The van der Waals surface area contributed by atoms with Gasteiger partial charge in [-0.2, -0.15) is 0 Å². The maximum Gasteiger partial charge on any atom is 0.184 e. The van der Waals surface area contributed by atoms with E-state index in [4.69, 9.17) is 19.9 Å². The van der Waals surface area contributed by atoms with E-state index in [1.54, 1.807) is 38.1 Å². The predicted octanol–water partition coefficient (Wildman–Crippen LogP) is 0.586. The topological polar surface area (TPSA) is 97.3 Å². The average Bonchev–Trinajstić information content (AvgIpc) is 2.92. The van der Waals surface area contributed by atoms with Crippen LogP contribution >= 0.6 is 0 Å². The van der Waals surface area contributed by atoms with E-state index < -0.39 is 0 Å². The molecule has 0 radical (unpaired) electrons. The Hall–Kier alpha value is -2.35. The summed E-state index contributed by atoms with van der Waals surface area (Å²) >= 11 is 0. The van der Waals surface area contributed by atoms with Crippen molar-refractivity contribution in [1.82, 2.24) is 20.2 Å². The number of benzene rings is 1. The molecule has 8 heteroatoms. The van der Waals surface area contributed by atoms with Crippen molar-refractivity contribution >= 4 is 5.69 Å². The Labute approximate surface area is 116 Å². The highest BCUT2D eigenvalue weighted by molar-refractivity contribution is 5.75. The number of nitrogens with zero attached hydrogens (tertiary/aromatic N) is 4. The monoisotopic (exact) mass is 279 g/mol. The van der Waals surface area contributed by atoms with E-state index in [1.165, 1.54) is 0 Å². The normalized spacial score (nSPS) is 10.6. The molecule has 1 heterocycles. The van der Waals surface area contributed by atoms with Crippen molar-refractivity contribution in [3.05, 3.63) is 12.1 Å². The summed E-state index contributed by atoms with van der Waals surface area (Å²) in [4.78, 5) is 0. The first-order valence-corrected chi connectivity index (χ1v) is 5.98. The molecule has 108 valence electrons. The number of rotatable bonds is 6. The number of anilines is 1. The first-order chi connectivity index (χ1) is 9.71. The molecule has 0 unspecified atom stereocenters. The summed E-state index contributed by atoms with van der Waals surface area (Å²) in [7, 11) is 4.74. The van der Waals surface area contributed by atoms with Crippen molar-refractivity contribution in [2.75, 3.05) is 33.7 Å². The van der Waals surface area contributed by atoms with Crippen molar-refractivity contribution in [2.45, 2.75) is 6.54 Å². The largest absolute Gasteiger partial charge is 0.493 e. The van der Waals surface area contributed by atoms with E-state index in [0.717, 1.165) is 0 Å². The SMILES string of the molecule is COCCn1nnnc1-c1cc(OC)c(OC)cc1N. The van der Waals surface area contributed by atoms with E-state index in [9.17, 15) is 0 Å². The van der Waals surface area contributed by atoms with E-state index in [2.05, 4.69) is 15.5 Å². The fourth-order valence-electron chi connectivity index (χ4n) is 1.81. The van der Waals surface area contributed by atoms with Gasteiger partial charge in [-0.15, -0.1) is 5.10 Å². The zero-order valence-corrected chi connectivity index (χ0v) is 11.7. The minimum atomic E-state index is 0.505. The van der Waals surface area contributed by atoms with Crippen LogP contribution in [0.1, 0.15) is 0 Å². The molecule has 2 N–H and O–H groups in total. The van der Waals surface area contributed by atoms with Gasteiger partial charge in [-0.1, -0.05) is 0 Å². The lowest BCUT2D eigenvalue weighted by molar-refractivity contribution is 0.183. The lowest BCUT2D eigenvalue weighted by Gasteiger charge is -2.12. The molecule has 0 saturated carbocycles. The molecule has 2 aromatic rings. The molecule has 1 aromatic heterocycles. The van der Waals surface area contributed by atoms with Gasteiger partial charge in [0.15, 0.2) is 17.3 Å². The third-order valence-corrected chi connectivity index (χ3v) is 2.84. The molecule has 0 spiro atoms. The van der Waals surface area contributed by atoms with Gasteiger partial charge in [-0.05, 0) is 16.5 Å². The molecule has 0 amide bonds. The quantitative estimate of drug-likeness (QED) is 0.772. The van der Waals surface area contributed by atoms with Gasteiger partial charge in [-0.25, -0.2) is 4.68 Å². The zero-order chi connectivity index (χ0) is 14.5. The Morgan fingerprint density at radius 1 is 1.15 bits per heavy atom. The third kappa shape index (κ3) is 2.64. The smallest absolute Gasteiger partial charge is 0.184 e. The van der Waals surface area contributed by atoms with Gasteiger partial charge in [-0.3, -0.25) is 0 Å². The van der Waals surface area contributed by atoms with Gasteiger partial charge in [0.05, 0.1) is 27.4 Å². The summed E-state index contributed by atoms with van der Waals surface area (Å²) in [5, 5.41) is 11.6. The minimum Gasteiger partial charge on any atom is -0.493 e. The molecule has 0 bridgehead atoms. The van der Waals surface area contributed by atoms with Gasteiger partial charge in [0.1, 0.15) is 0 Å². The first-order valence-electron chi connectivity index (χ1n) is 5.98. The molecular weight excluding hydrogens is 262 g/mol. The van der Waals surface area contributed by atoms with Crippen LogP contribution in [0.15, 0.2) is 12.1 Å². The molecule has 0 aliphatic rings. The number of nitrogen functional groups attached to an aromatic ring is 1. The number of hydrogen-bond donors (Lipinski definition) is 1. The Kier molecular flexibility index (Phi) is 4.36. The van der Waals surface area contributed by atoms with Crippen LogP contribution in [-0.4, -0.2) is 48.1 Å². The Morgan fingerprint density at radius 3 is 2.50 bits per heavy atom. The second-order valence-electron chi connectivity index (χ2n) is 4.01. The summed E-state index contributed by atoms with van der Waals surface area (Å²) in [5.74, 6) is 1.68. The van der Waals surface area contributed by atoms with Crippen molar-refractivity contribution in [3.8, 4) is 22.9 Å². The number of tetrazole rings is 1. The van der Waals surface area contributed by atoms with Crippen LogP contribution in [0.4, 0.5) is 5.69 Å². The van der Waals surface area contributed by atoms with Crippen LogP contribution in [0.5, 0.6) is 11.5 Å². The molecule has 0 atom stereocenters. The fourth-order valence-corrected chi connectivity index (χ4v) is 1.81. The molecule has 0 aliphatic heterocycles. The average molecular weight is 279 g/mol. The maximum absolute atomic E-state index is 6.03. The fraction of sp³-hybridized carbons (Fsp3) is 0.417. The van der Waals surface area contributed by atoms with Crippen LogP contribution in [0.25, 0.3) is 11.4 Å². The van der Waals surface area contributed by atoms with Gasteiger partial charge >= 0.3 is 0 Å². The highest BCUT2D eigenvalue weighted by Gasteiger charge is 2.16. The van der Waals surface area contributed by atoms with Crippen molar-refractivity contribution in [3.63, 3.8) is 0 Å². The molecule has 1 aromatic carbocycles. The molecule has 0 saturated heterocycles. The zero-order valence-electron chi connectivity index (χ0n) is 11.7. The maximum atomic E-state index is 6.03. The number of nitrogens with two attached hydrogens (primary N) is 1. The van der Waals surface area contributed by atoms with Gasteiger partial charge in [0, 0.05) is 24.4 Å². The molecule has 8 nitrogen and oxygen atoms in total. The van der Waals surface area contributed by atoms with Gasteiger partial charge < -0.3 is 19.9 Å². The lowest BCUT2D eigenvalue weighted by Crippen LogP contribution is -2.08. The van der Waals surface area contributed by atoms with E-state index in [-0.39, 0.29) is 0 Å². The molecule has 0 aliphatic carbocycles. The number of hydrogen-bond acceptors (Lipinski definition) is 7. The van der Waals surface area contributed by atoms with Crippen molar-refractivity contribution in [1.29, 1.82) is 0 Å². The molecule has 20 heavy (non-hydrogen) atoms. The Balaban J connectivity index is 2.44. The molecule has 2 rings (SSSR count). The summed E-state index contributed by atoms with van der Waals surface area (Å²) in [6, 6.07) is 3.44. The Morgan fingerprint density at radius 2 is 1.85 bits per heavy atom. The summed E-state index contributed by atoms with van der Waals surface area (Å²) in [5.41, 5.74) is 7.23. The second kappa shape index (κ2) is 6.20. The van der Waals surface area contributed by atoms with Crippen LogP contribution in [0.3, 0.4) is 0 Å². The number of aromatic nitrogens is 4. The first kappa shape index (κ1) is 14.1. The summed E-state index contributed by atoms with van der Waals surface area (Å²) < 4.78 is 17.1. The van der Waals surface area contributed by atoms with Crippen LogP contribution in [0.2, 0.25) is 0 Å². The van der Waals surface area contributed by atoms with Crippen molar-refractivity contribution < 1.29 is 14.2 Å². The van der Waals surface area contributed by atoms with Gasteiger partial charge in [0.2, 0.25) is 0 Å². The van der Waals surface area contributed by atoms with Crippen LogP contribution in [0, 0.1) is 0 Å². The third-order valence-electron chi connectivity index (χ3n) is 2.84. The number of ether oxygens (including phenoxy) is 3. The predicted molar refractivity (Wildman–Crippen MR) is 72.6 cm³/mol. The van der Waals surface area contributed by atoms with E-state index >= 15 is 0 Å². The summed E-state index contributed by atoms with van der Waals surface area (Å²) in [6.07, 6.45) is 0. The van der Waals surface area contributed by atoms with Gasteiger partial charge in [0.25, 0.3) is 0 Å². The van der Waals surface area contributed by atoms with Crippen molar-refractivity contribution in [2.24, 2.45) is 0 Å². The highest BCUT2D eigenvalue weighted by atomic mass is 16.5. The standard InChI is InChI=1S/C12H17N5O3/c1-18-5-4-17-12(14-15-16-17)8-6-10(19-2)11(20-3)7-9(8)13/h6-7H,4-5,13H2,1-3H3. The van der Waals surface area contributed by atoms with Crippen LogP contribution in [-0.2, 0) is 11.3 Å². The number of methoxy groups -OCH3 is 3. The van der Waals surface area contributed by atoms with E-state index in [0.29, 0.717) is 41.7 Å². The second-order valence-corrected chi connectivity index (χ2v) is 4.01. The summed E-state index contributed by atoms with van der Waals surface area (Å²) in [6.45, 7) is 1.04. The minimum absolute atomic E-state index is 0.505. The molecule has 0 fully saturated rings. The highest BCUT2D eigenvalue weighted by Crippen LogP contribution is 2.36. The Bertz CT molecular complexity index is 584. The van der Waals surface area contributed by atoms with E-state index in [1.807, 2.05) is 0 Å². The van der Waals surface area contributed by atoms with Crippen LogP contribution < -0.4 is 15.2 Å². The molecular formula is C12H17N5O3. The lowest BCUT2D eigenvalue weighted by atomic mass is 10.1.